The third-order valence-corrected chi connectivity index (χ3v) is 5.18. The van der Waals surface area contributed by atoms with Crippen molar-refractivity contribution in [1.29, 1.82) is 0 Å². The van der Waals surface area contributed by atoms with Crippen LogP contribution in [0.4, 0.5) is 0 Å². The van der Waals surface area contributed by atoms with Crippen molar-refractivity contribution < 1.29 is 5.11 Å². The van der Waals surface area contributed by atoms with Gasteiger partial charge in [-0.05, 0) is 37.1 Å². The number of aliphatic hydroxyl groups is 1. The molecule has 0 amide bonds. The van der Waals surface area contributed by atoms with E-state index in [4.69, 9.17) is 11.6 Å². The molecule has 1 atom stereocenters. The summed E-state index contributed by atoms with van der Waals surface area (Å²) < 4.78 is 0. The Kier molecular flexibility index (Phi) is 6.43. The highest BCUT2D eigenvalue weighted by Crippen LogP contribution is 2.21. The van der Waals surface area contributed by atoms with Crippen molar-refractivity contribution in [3.63, 3.8) is 0 Å². The predicted molar refractivity (Wildman–Crippen MR) is 102 cm³/mol. The van der Waals surface area contributed by atoms with Gasteiger partial charge in [-0.25, -0.2) is 0 Å². The molecule has 1 fully saturated rings. The highest BCUT2D eigenvalue weighted by Gasteiger charge is 2.27. The molecule has 1 aromatic carbocycles. The topological polar surface area (TPSA) is 39.6 Å². The highest BCUT2D eigenvalue weighted by atomic mass is 35.5. The third kappa shape index (κ3) is 5.02. The minimum absolute atomic E-state index is 0.211. The highest BCUT2D eigenvalue weighted by molar-refractivity contribution is 6.31. The maximum Gasteiger partial charge on any atom is 0.0547 e. The summed E-state index contributed by atoms with van der Waals surface area (Å²) in [7, 11) is 0. The molecule has 0 saturated carbocycles. The molecule has 4 nitrogen and oxygen atoms in total. The van der Waals surface area contributed by atoms with Crippen LogP contribution in [0.25, 0.3) is 0 Å². The Hall–Kier alpha value is -1.46. The summed E-state index contributed by atoms with van der Waals surface area (Å²) in [6.07, 6.45) is 0.783. The van der Waals surface area contributed by atoms with Gasteiger partial charge in [0.2, 0.25) is 0 Å². The van der Waals surface area contributed by atoms with Crippen molar-refractivity contribution in [1.82, 2.24) is 14.8 Å². The second-order valence-corrected chi connectivity index (χ2v) is 7.14. The SMILES string of the molecule is Cc1cccc(CN2CCN(Cc3ccccc3Cl)CC2CCO)n1. The fraction of sp³-hybridized carbons (Fsp3) is 0.450. The van der Waals surface area contributed by atoms with E-state index < -0.39 is 0 Å². The number of hydrogen-bond donors (Lipinski definition) is 1. The Morgan fingerprint density at radius 1 is 1.12 bits per heavy atom. The molecule has 0 radical (unpaired) electrons. The number of aliphatic hydroxyl groups excluding tert-OH is 1. The van der Waals surface area contributed by atoms with Gasteiger partial charge in [0.15, 0.2) is 0 Å². The number of benzene rings is 1. The van der Waals surface area contributed by atoms with E-state index in [-0.39, 0.29) is 6.61 Å². The first-order valence-corrected chi connectivity index (χ1v) is 9.26. The second kappa shape index (κ2) is 8.77. The number of nitrogens with zero attached hydrogens (tertiary/aromatic N) is 3. The van der Waals surface area contributed by atoms with E-state index >= 15 is 0 Å². The van der Waals surface area contributed by atoms with Crippen molar-refractivity contribution in [2.75, 3.05) is 26.2 Å². The Labute approximate surface area is 155 Å². The second-order valence-electron chi connectivity index (χ2n) is 6.73. The van der Waals surface area contributed by atoms with Crippen LogP contribution in [0.3, 0.4) is 0 Å². The van der Waals surface area contributed by atoms with Gasteiger partial charge in [0.05, 0.1) is 5.69 Å². The van der Waals surface area contributed by atoms with E-state index in [0.717, 1.165) is 55.6 Å². The first-order valence-electron chi connectivity index (χ1n) is 8.89. The van der Waals surface area contributed by atoms with Crippen molar-refractivity contribution in [3.05, 3.63) is 64.4 Å². The van der Waals surface area contributed by atoms with Gasteiger partial charge < -0.3 is 5.11 Å². The summed E-state index contributed by atoms with van der Waals surface area (Å²) in [5, 5.41) is 10.3. The van der Waals surface area contributed by atoms with Gasteiger partial charge in [-0.2, -0.15) is 0 Å². The molecule has 2 heterocycles. The van der Waals surface area contributed by atoms with Crippen molar-refractivity contribution in [3.8, 4) is 0 Å². The number of aryl methyl sites for hydroxylation is 1. The number of halogens is 1. The average molecular weight is 360 g/mol. The molecule has 1 saturated heterocycles. The van der Waals surface area contributed by atoms with Gasteiger partial charge in [0.25, 0.3) is 0 Å². The van der Waals surface area contributed by atoms with Crippen molar-refractivity contribution in [2.24, 2.45) is 0 Å². The minimum Gasteiger partial charge on any atom is -0.396 e. The third-order valence-electron chi connectivity index (χ3n) is 4.81. The lowest BCUT2D eigenvalue weighted by atomic mass is 10.1. The Morgan fingerprint density at radius 3 is 2.72 bits per heavy atom. The van der Waals surface area contributed by atoms with Gasteiger partial charge in [-0.3, -0.25) is 14.8 Å². The molecule has 134 valence electrons. The van der Waals surface area contributed by atoms with Gasteiger partial charge in [-0.1, -0.05) is 35.9 Å². The van der Waals surface area contributed by atoms with Crippen molar-refractivity contribution >= 4 is 11.6 Å². The molecule has 5 heteroatoms. The fourth-order valence-electron chi connectivity index (χ4n) is 3.50. The number of pyridine rings is 1. The van der Waals surface area contributed by atoms with Gasteiger partial charge in [-0.15, -0.1) is 0 Å². The van der Waals surface area contributed by atoms with Crippen LogP contribution < -0.4 is 0 Å². The number of piperazine rings is 1. The Morgan fingerprint density at radius 2 is 1.96 bits per heavy atom. The number of hydrogen-bond acceptors (Lipinski definition) is 4. The number of aromatic nitrogens is 1. The molecule has 1 N–H and O–H groups in total. The summed E-state index contributed by atoms with van der Waals surface area (Å²) in [6.45, 7) is 6.85. The lowest BCUT2D eigenvalue weighted by Gasteiger charge is -2.41. The molecule has 0 bridgehead atoms. The maximum atomic E-state index is 9.48. The molecule has 25 heavy (non-hydrogen) atoms. The largest absolute Gasteiger partial charge is 0.396 e. The zero-order valence-electron chi connectivity index (χ0n) is 14.7. The van der Waals surface area contributed by atoms with E-state index in [1.54, 1.807) is 0 Å². The van der Waals surface area contributed by atoms with Crippen molar-refractivity contribution in [2.45, 2.75) is 32.5 Å². The van der Waals surface area contributed by atoms with Gasteiger partial charge in [0.1, 0.15) is 0 Å². The predicted octanol–water partition coefficient (Wildman–Crippen LogP) is 3.11. The Balaban J connectivity index is 1.65. The first-order chi connectivity index (χ1) is 12.2. The van der Waals surface area contributed by atoms with Crippen LogP contribution in [0.5, 0.6) is 0 Å². The summed E-state index contributed by atoms with van der Waals surface area (Å²) in [5.41, 5.74) is 3.32. The molecule has 1 aliphatic heterocycles. The fourth-order valence-corrected chi connectivity index (χ4v) is 3.69. The summed E-state index contributed by atoms with van der Waals surface area (Å²) in [6, 6.07) is 14.5. The normalized spacial score (nSPS) is 19.2. The monoisotopic (exact) mass is 359 g/mol. The molecule has 1 aliphatic rings. The van der Waals surface area contributed by atoms with Crippen LogP contribution in [0, 0.1) is 6.92 Å². The van der Waals surface area contributed by atoms with E-state index in [1.165, 1.54) is 5.56 Å². The smallest absolute Gasteiger partial charge is 0.0547 e. The van der Waals surface area contributed by atoms with Crippen LogP contribution in [-0.2, 0) is 13.1 Å². The minimum atomic E-state index is 0.211. The summed E-state index contributed by atoms with van der Waals surface area (Å²) >= 11 is 6.31. The maximum absolute atomic E-state index is 9.48. The van der Waals surface area contributed by atoms with Crippen LogP contribution >= 0.6 is 11.6 Å². The standard InChI is InChI=1S/C20H26ClN3O/c1-16-5-4-7-18(22-16)14-24-11-10-23(15-19(24)9-12-25)13-17-6-2-3-8-20(17)21/h2-8,19,25H,9-15H2,1H3. The van der Waals surface area contributed by atoms with E-state index in [2.05, 4.69) is 33.0 Å². The summed E-state index contributed by atoms with van der Waals surface area (Å²) in [5.74, 6) is 0. The van der Waals surface area contributed by atoms with Gasteiger partial charge in [0, 0.05) is 56.1 Å². The molecule has 1 aromatic heterocycles. The molecule has 0 aliphatic carbocycles. The number of rotatable bonds is 6. The molecule has 2 aromatic rings. The molecule has 1 unspecified atom stereocenters. The zero-order chi connectivity index (χ0) is 17.6. The molecular formula is C20H26ClN3O. The van der Waals surface area contributed by atoms with Crippen LogP contribution in [-0.4, -0.2) is 52.2 Å². The van der Waals surface area contributed by atoms with Crippen LogP contribution in [0.2, 0.25) is 5.02 Å². The quantitative estimate of drug-likeness (QED) is 0.860. The average Bonchev–Trinajstić information content (AvgIpc) is 2.59. The zero-order valence-corrected chi connectivity index (χ0v) is 15.5. The van der Waals surface area contributed by atoms with Crippen LogP contribution in [0.1, 0.15) is 23.4 Å². The first kappa shape index (κ1) is 18.3. The molecular weight excluding hydrogens is 334 g/mol. The molecule has 0 spiro atoms. The Bertz CT molecular complexity index is 694. The summed E-state index contributed by atoms with van der Waals surface area (Å²) in [4.78, 5) is 9.50. The molecule has 3 rings (SSSR count). The van der Waals surface area contributed by atoms with Gasteiger partial charge >= 0.3 is 0 Å². The van der Waals surface area contributed by atoms with Crippen LogP contribution in [0.15, 0.2) is 42.5 Å². The lowest BCUT2D eigenvalue weighted by molar-refractivity contribution is 0.0491. The van der Waals surface area contributed by atoms with E-state index in [1.807, 2.05) is 31.2 Å². The van der Waals surface area contributed by atoms with E-state index in [9.17, 15) is 5.11 Å². The lowest BCUT2D eigenvalue weighted by Crippen LogP contribution is -2.52. The van der Waals surface area contributed by atoms with E-state index in [0.29, 0.717) is 6.04 Å².